The van der Waals surface area contributed by atoms with E-state index in [1.54, 1.807) is 14.0 Å². The Bertz CT molecular complexity index is 144. The summed E-state index contributed by atoms with van der Waals surface area (Å²) in [4.78, 5) is 11.4. The van der Waals surface area contributed by atoms with Crippen LogP contribution in [-0.4, -0.2) is 33.0 Å². The summed E-state index contributed by atoms with van der Waals surface area (Å²) >= 11 is 0. The Morgan fingerprint density at radius 3 is 3.00 bits per heavy atom. The van der Waals surface area contributed by atoms with Crippen LogP contribution in [0.5, 0.6) is 0 Å². The van der Waals surface area contributed by atoms with Crippen LogP contribution in [0.4, 0.5) is 0 Å². The highest BCUT2D eigenvalue weighted by Gasteiger charge is 2.44. The van der Waals surface area contributed by atoms with E-state index in [1.165, 1.54) is 0 Å². The first-order chi connectivity index (χ1) is 5.70. The number of rotatable bonds is 4. The molecule has 12 heavy (non-hydrogen) atoms. The topological polar surface area (TPSA) is 60.0 Å². The molecule has 1 heterocycles. The van der Waals surface area contributed by atoms with Crippen molar-refractivity contribution in [1.29, 1.82) is 0 Å². The Balaban J connectivity index is 2.32. The predicted octanol–water partition coefficient (Wildman–Crippen LogP) is 0.123. The SMILES string of the molecule is CCO[P+]1([O-])OCC(COC)O1. The number of methoxy groups -OCH3 is 1. The number of phosphoric ester groups is 1. The summed E-state index contributed by atoms with van der Waals surface area (Å²) in [5.74, 6) is 0. The normalized spacial score (nSPS) is 35.8. The van der Waals surface area contributed by atoms with E-state index in [4.69, 9.17) is 18.3 Å². The van der Waals surface area contributed by atoms with Gasteiger partial charge >= 0.3 is 8.17 Å². The molecule has 2 unspecified atom stereocenters. The van der Waals surface area contributed by atoms with Gasteiger partial charge in [-0.1, -0.05) is 0 Å². The molecule has 0 aromatic rings. The van der Waals surface area contributed by atoms with Gasteiger partial charge in [-0.25, -0.2) is 0 Å². The maximum absolute atomic E-state index is 11.4. The maximum Gasteiger partial charge on any atom is 0.379 e. The largest absolute Gasteiger partial charge is 0.606 e. The molecule has 5 nitrogen and oxygen atoms in total. The minimum absolute atomic E-state index is 0.269. The quantitative estimate of drug-likeness (QED) is 0.598. The van der Waals surface area contributed by atoms with Gasteiger partial charge in [-0.05, 0) is 6.92 Å². The lowest BCUT2D eigenvalue weighted by atomic mass is 10.4. The molecule has 0 saturated carbocycles. The minimum Gasteiger partial charge on any atom is -0.606 e. The lowest BCUT2D eigenvalue weighted by Crippen LogP contribution is -2.18. The van der Waals surface area contributed by atoms with Crippen molar-refractivity contribution < 1.29 is 23.2 Å². The average molecular weight is 196 g/mol. The van der Waals surface area contributed by atoms with Crippen LogP contribution in [-0.2, 0) is 18.3 Å². The minimum atomic E-state index is -3.24. The van der Waals surface area contributed by atoms with Gasteiger partial charge in [0.15, 0.2) is 6.10 Å². The van der Waals surface area contributed by atoms with Gasteiger partial charge in [0.05, 0.1) is 13.2 Å². The second kappa shape index (κ2) is 4.46. The lowest BCUT2D eigenvalue weighted by molar-refractivity contribution is -0.237. The van der Waals surface area contributed by atoms with E-state index in [0.717, 1.165) is 0 Å². The van der Waals surface area contributed by atoms with Crippen LogP contribution in [0.1, 0.15) is 6.92 Å². The molecule has 2 atom stereocenters. The highest BCUT2D eigenvalue weighted by atomic mass is 31.2. The van der Waals surface area contributed by atoms with E-state index in [0.29, 0.717) is 13.2 Å². The molecule has 72 valence electrons. The number of ether oxygens (including phenoxy) is 1. The van der Waals surface area contributed by atoms with Crippen LogP contribution >= 0.6 is 8.17 Å². The van der Waals surface area contributed by atoms with Gasteiger partial charge in [0.25, 0.3) is 0 Å². The second-order valence-corrected chi connectivity index (χ2v) is 3.97. The zero-order chi connectivity index (χ0) is 9.03. The highest BCUT2D eigenvalue weighted by molar-refractivity contribution is 7.54. The van der Waals surface area contributed by atoms with Crippen LogP contribution in [0, 0.1) is 0 Å². The van der Waals surface area contributed by atoms with E-state index >= 15 is 0 Å². The van der Waals surface area contributed by atoms with Gasteiger partial charge in [-0.2, -0.15) is 13.6 Å². The summed E-state index contributed by atoms with van der Waals surface area (Å²) in [6, 6.07) is 0. The van der Waals surface area contributed by atoms with Gasteiger partial charge in [-0.15, -0.1) is 0 Å². The number of hydrogen-bond donors (Lipinski definition) is 0. The summed E-state index contributed by atoms with van der Waals surface area (Å²) in [7, 11) is -1.69. The monoisotopic (exact) mass is 196 g/mol. The van der Waals surface area contributed by atoms with Gasteiger partial charge in [-0.3, -0.25) is 0 Å². The van der Waals surface area contributed by atoms with E-state index < -0.39 is 8.17 Å². The first-order valence-electron chi connectivity index (χ1n) is 3.76. The first kappa shape index (κ1) is 10.3. The standard InChI is InChI=1S/C6H13O5P/c1-3-9-12(7)10-5-6(11-12)4-8-2/h6H,3-5H2,1-2H3. The predicted molar refractivity (Wildman–Crippen MR) is 41.2 cm³/mol. The third-order valence-electron chi connectivity index (χ3n) is 1.34. The summed E-state index contributed by atoms with van der Waals surface area (Å²) in [5, 5.41) is 0. The van der Waals surface area contributed by atoms with Crippen molar-refractivity contribution in [1.82, 2.24) is 0 Å². The Hall–Kier alpha value is 0.230. The average Bonchev–Trinajstić information content (AvgIpc) is 2.34. The van der Waals surface area contributed by atoms with E-state index in [1.807, 2.05) is 0 Å². The molecule has 0 bridgehead atoms. The smallest absolute Gasteiger partial charge is 0.379 e. The molecule has 0 amide bonds. The fraction of sp³-hybridized carbons (Fsp3) is 1.00. The van der Waals surface area contributed by atoms with Crippen LogP contribution in [0.3, 0.4) is 0 Å². The zero-order valence-electron chi connectivity index (χ0n) is 7.19. The molecule has 0 aliphatic carbocycles. The molecule has 0 spiro atoms. The second-order valence-electron chi connectivity index (χ2n) is 2.34. The zero-order valence-corrected chi connectivity index (χ0v) is 8.08. The van der Waals surface area contributed by atoms with Gasteiger partial charge in [0.2, 0.25) is 0 Å². The van der Waals surface area contributed by atoms with E-state index in [9.17, 15) is 4.89 Å². The molecule has 0 aromatic heterocycles. The third kappa shape index (κ3) is 2.62. The van der Waals surface area contributed by atoms with Crippen molar-refractivity contribution in [2.45, 2.75) is 13.0 Å². The molecular weight excluding hydrogens is 183 g/mol. The molecule has 1 aliphatic heterocycles. The molecule has 0 N–H and O–H groups in total. The van der Waals surface area contributed by atoms with Crippen molar-refractivity contribution in [3.63, 3.8) is 0 Å². The fourth-order valence-corrected chi connectivity index (χ4v) is 2.26. The van der Waals surface area contributed by atoms with Crippen molar-refractivity contribution in [3.8, 4) is 0 Å². The van der Waals surface area contributed by atoms with Crippen LogP contribution in [0.25, 0.3) is 0 Å². The number of hydrogen-bond acceptors (Lipinski definition) is 5. The van der Waals surface area contributed by atoms with E-state index in [-0.39, 0.29) is 12.7 Å². The Kier molecular flexibility index (Phi) is 3.83. The first-order valence-corrected chi connectivity index (χ1v) is 5.22. The Morgan fingerprint density at radius 2 is 2.42 bits per heavy atom. The van der Waals surface area contributed by atoms with Crippen molar-refractivity contribution in [2.24, 2.45) is 0 Å². The number of phosphoric acid groups is 1. The molecule has 6 heteroatoms. The van der Waals surface area contributed by atoms with Gasteiger partial charge in [0.1, 0.15) is 6.61 Å². The molecule has 0 aromatic carbocycles. The molecule has 1 rings (SSSR count). The van der Waals surface area contributed by atoms with Crippen LogP contribution in [0.15, 0.2) is 0 Å². The Morgan fingerprint density at radius 1 is 1.67 bits per heavy atom. The molecule has 1 fully saturated rings. The lowest BCUT2D eigenvalue weighted by Gasteiger charge is -2.17. The summed E-state index contributed by atoms with van der Waals surface area (Å²) in [6.45, 7) is 2.69. The van der Waals surface area contributed by atoms with Crippen molar-refractivity contribution in [2.75, 3.05) is 26.9 Å². The van der Waals surface area contributed by atoms with Crippen molar-refractivity contribution in [3.05, 3.63) is 0 Å². The Labute approximate surface area is 72.2 Å². The van der Waals surface area contributed by atoms with Gasteiger partial charge in [0, 0.05) is 7.11 Å². The maximum atomic E-state index is 11.4. The molecule has 1 aliphatic rings. The summed E-state index contributed by atoms with van der Waals surface area (Å²) < 4.78 is 19.5. The summed E-state index contributed by atoms with van der Waals surface area (Å²) in [6.07, 6.45) is -0.271. The van der Waals surface area contributed by atoms with Crippen LogP contribution < -0.4 is 4.89 Å². The highest BCUT2D eigenvalue weighted by Crippen LogP contribution is 2.58. The van der Waals surface area contributed by atoms with Gasteiger partial charge < -0.3 is 9.63 Å². The van der Waals surface area contributed by atoms with E-state index in [2.05, 4.69) is 0 Å². The van der Waals surface area contributed by atoms with Crippen molar-refractivity contribution >= 4 is 8.17 Å². The fourth-order valence-electron chi connectivity index (χ4n) is 0.908. The third-order valence-corrected chi connectivity index (χ3v) is 2.93. The van der Waals surface area contributed by atoms with Crippen LogP contribution in [0.2, 0.25) is 0 Å². The molecule has 1 saturated heterocycles. The molecular formula is C6H13O5P. The summed E-state index contributed by atoms with van der Waals surface area (Å²) in [5.41, 5.74) is 0. The molecule has 0 radical (unpaired) electrons.